The molecule has 1 fully saturated rings. The maximum absolute atomic E-state index is 10.8. The lowest BCUT2D eigenvalue weighted by molar-refractivity contribution is -0.384. The van der Waals surface area contributed by atoms with Gasteiger partial charge in [-0.2, -0.15) is 5.26 Å². The van der Waals surface area contributed by atoms with Gasteiger partial charge in [0, 0.05) is 18.1 Å². The predicted octanol–water partition coefficient (Wildman–Crippen LogP) is 1.92. The molecule has 1 aliphatic rings. The van der Waals surface area contributed by atoms with Crippen LogP contribution in [0.25, 0.3) is 5.69 Å². The number of hydrogen-bond donors (Lipinski definition) is 0. The highest BCUT2D eigenvalue weighted by atomic mass is 16.6. The van der Waals surface area contributed by atoms with E-state index in [1.807, 2.05) is 6.07 Å². The van der Waals surface area contributed by atoms with Crippen molar-refractivity contribution < 1.29 is 4.92 Å². The van der Waals surface area contributed by atoms with Gasteiger partial charge >= 0.3 is 0 Å². The van der Waals surface area contributed by atoms with E-state index in [-0.39, 0.29) is 11.6 Å². The van der Waals surface area contributed by atoms with Crippen LogP contribution in [0.2, 0.25) is 0 Å². The van der Waals surface area contributed by atoms with E-state index < -0.39 is 4.92 Å². The number of aromatic nitrogens is 3. The molecule has 7 heteroatoms. The molecule has 7 nitrogen and oxygen atoms in total. The lowest BCUT2D eigenvalue weighted by Gasteiger charge is -2.04. The van der Waals surface area contributed by atoms with Crippen LogP contribution in [0.4, 0.5) is 5.69 Å². The van der Waals surface area contributed by atoms with Gasteiger partial charge < -0.3 is 0 Å². The Labute approximate surface area is 108 Å². The molecule has 1 heterocycles. The quantitative estimate of drug-likeness (QED) is 0.616. The average Bonchev–Trinajstić information content (AvgIpc) is 3.17. The Balaban J connectivity index is 2.12. The van der Waals surface area contributed by atoms with Crippen LogP contribution in [0.3, 0.4) is 0 Å². The molecule has 0 N–H and O–H groups in total. The number of nitro benzene ring substituents is 1. The molecule has 0 saturated heterocycles. The second-order valence-corrected chi connectivity index (χ2v) is 4.40. The molecule has 3 rings (SSSR count). The summed E-state index contributed by atoms with van der Waals surface area (Å²) in [6.45, 7) is 0. The summed E-state index contributed by atoms with van der Waals surface area (Å²) in [6, 6.07) is 8.18. The molecule has 94 valence electrons. The highest BCUT2D eigenvalue weighted by molar-refractivity contribution is 5.45. The Kier molecular flexibility index (Phi) is 2.49. The number of benzene rings is 1. The zero-order valence-electron chi connectivity index (χ0n) is 9.85. The predicted molar refractivity (Wildman–Crippen MR) is 64.7 cm³/mol. The third kappa shape index (κ3) is 1.93. The number of non-ortho nitro benzene ring substituents is 1. The van der Waals surface area contributed by atoms with Crippen molar-refractivity contribution >= 4 is 5.69 Å². The molecular weight excluding hydrogens is 246 g/mol. The highest BCUT2D eigenvalue weighted by Gasteiger charge is 2.32. The molecule has 1 saturated carbocycles. The minimum Gasteiger partial charge on any atom is -0.258 e. The van der Waals surface area contributed by atoms with Crippen LogP contribution in [-0.4, -0.2) is 19.9 Å². The van der Waals surface area contributed by atoms with Crippen LogP contribution >= 0.6 is 0 Å². The van der Waals surface area contributed by atoms with Crippen molar-refractivity contribution in [3.8, 4) is 11.8 Å². The lowest BCUT2D eigenvalue weighted by Crippen LogP contribution is -2.02. The molecule has 0 radical (unpaired) electrons. The molecule has 0 aliphatic heterocycles. The first kappa shape index (κ1) is 11.3. The van der Waals surface area contributed by atoms with Gasteiger partial charge in [-0.3, -0.25) is 10.1 Å². The number of nitrogens with zero attached hydrogens (tertiary/aromatic N) is 5. The van der Waals surface area contributed by atoms with Crippen molar-refractivity contribution in [2.75, 3.05) is 0 Å². The normalized spacial score (nSPS) is 14.1. The molecule has 1 aromatic heterocycles. The number of nitro groups is 1. The number of nitriles is 1. The van der Waals surface area contributed by atoms with Crippen LogP contribution in [0, 0.1) is 21.4 Å². The Morgan fingerprint density at radius 3 is 2.89 bits per heavy atom. The summed E-state index contributed by atoms with van der Waals surface area (Å²) in [5, 5.41) is 27.6. The summed E-state index contributed by atoms with van der Waals surface area (Å²) in [5.41, 5.74) is 1.61. The van der Waals surface area contributed by atoms with Gasteiger partial charge in [-0.25, -0.2) is 4.68 Å². The fourth-order valence-electron chi connectivity index (χ4n) is 2.02. The second kappa shape index (κ2) is 4.17. The Hall–Kier alpha value is -2.75. The van der Waals surface area contributed by atoms with Crippen molar-refractivity contribution in [1.29, 1.82) is 5.26 Å². The van der Waals surface area contributed by atoms with Gasteiger partial charge in [0.2, 0.25) is 0 Å². The van der Waals surface area contributed by atoms with Crippen molar-refractivity contribution in [2.45, 2.75) is 18.8 Å². The van der Waals surface area contributed by atoms with Crippen LogP contribution in [0.1, 0.15) is 30.1 Å². The lowest BCUT2D eigenvalue weighted by atomic mass is 10.2. The van der Waals surface area contributed by atoms with Gasteiger partial charge in [-0.15, -0.1) is 5.10 Å². The Morgan fingerprint density at radius 1 is 1.47 bits per heavy atom. The molecule has 0 unspecified atom stereocenters. The van der Waals surface area contributed by atoms with Gasteiger partial charge in [-0.1, -0.05) is 11.3 Å². The summed E-state index contributed by atoms with van der Waals surface area (Å²) in [4.78, 5) is 10.3. The highest BCUT2D eigenvalue weighted by Crippen LogP contribution is 2.41. The largest absolute Gasteiger partial charge is 0.271 e. The molecule has 19 heavy (non-hydrogen) atoms. The molecular formula is C12H9N5O2. The van der Waals surface area contributed by atoms with Gasteiger partial charge in [-0.05, 0) is 18.9 Å². The van der Waals surface area contributed by atoms with Crippen LogP contribution in [0.5, 0.6) is 0 Å². The maximum Gasteiger partial charge on any atom is 0.271 e. The van der Waals surface area contributed by atoms with Gasteiger partial charge in [0.05, 0.1) is 16.3 Å². The summed E-state index contributed by atoms with van der Waals surface area (Å²) < 4.78 is 1.53. The summed E-state index contributed by atoms with van der Waals surface area (Å²) >= 11 is 0. The van der Waals surface area contributed by atoms with E-state index in [0.717, 1.165) is 18.5 Å². The van der Waals surface area contributed by atoms with Crippen LogP contribution in [0.15, 0.2) is 24.3 Å². The summed E-state index contributed by atoms with van der Waals surface area (Å²) in [5.74, 6) is 0.281. The molecule has 0 spiro atoms. The third-order valence-corrected chi connectivity index (χ3v) is 3.06. The summed E-state index contributed by atoms with van der Waals surface area (Å²) in [6.07, 6.45) is 1.99. The van der Waals surface area contributed by atoms with E-state index in [0.29, 0.717) is 11.4 Å². The first-order chi connectivity index (χ1) is 9.20. The number of rotatable bonds is 3. The fourth-order valence-corrected chi connectivity index (χ4v) is 2.02. The van der Waals surface area contributed by atoms with Crippen LogP contribution in [-0.2, 0) is 0 Å². The minimum absolute atomic E-state index is 0.00625. The SMILES string of the molecule is N#Cc1nnn(-c2cccc([N+](=O)[O-])c2)c1C1CC1. The van der Waals surface area contributed by atoms with Gasteiger partial charge in [0.15, 0.2) is 5.69 Å². The van der Waals surface area contributed by atoms with Crippen LogP contribution < -0.4 is 0 Å². The van der Waals surface area contributed by atoms with Gasteiger partial charge in [0.1, 0.15) is 6.07 Å². The van der Waals surface area contributed by atoms with Crippen molar-refractivity contribution in [3.63, 3.8) is 0 Å². The van der Waals surface area contributed by atoms with E-state index in [1.165, 1.54) is 16.8 Å². The number of hydrogen-bond acceptors (Lipinski definition) is 5. The zero-order valence-corrected chi connectivity index (χ0v) is 9.85. The third-order valence-electron chi connectivity index (χ3n) is 3.06. The molecule has 0 bridgehead atoms. The van der Waals surface area contributed by atoms with Crippen molar-refractivity contribution in [3.05, 3.63) is 45.8 Å². The van der Waals surface area contributed by atoms with E-state index in [9.17, 15) is 10.1 Å². The topological polar surface area (TPSA) is 97.6 Å². The molecule has 2 aromatic rings. The first-order valence-corrected chi connectivity index (χ1v) is 5.81. The monoisotopic (exact) mass is 255 g/mol. The minimum atomic E-state index is -0.456. The Bertz CT molecular complexity index is 696. The smallest absolute Gasteiger partial charge is 0.258 e. The van der Waals surface area contributed by atoms with E-state index >= 15 is 0 Å². The van der Waals surface area contributed by atoms with E-state index in [4.69, 9.17) is 5.26 Å². The van der Waals surface area contributed by atoms with E-state index in [1.54, 1.807) is 12.1 Å². The zero-order chi connectivity index (χ0) is 13.4. The van der Waals surface area contributed by atoms with E-state index in [2.05, 4.69) is 10.3 Å². The second-order valence-electron chi connectivity index (χ2n) is 4.40. The Morgan fingerprint density at radius 2 is 2.26 bits per heavy atom. The molecule has 1 aromatic carbocycles. The molecule has 0 atom stereocenters. The molecule has 0 amide bonds. The van der Waals surface area contributed by atoms with Crippen molar-refractivity contribution in [1.82, 2.24) is 15.0 Å². The average molecular weight is 255 g/mol. The summed E-state index contributed by atoms with van der Waals surface area (Å²) in [7, 11) is 0. The fraction of sp³-hybridized carbons (Fsp3) is 0.250. The van der Waals surface area contributed by atoms with Gasteiger partial charge in [0.25, 0.3) is 5.69 Å². The first-order valence-electron chi connectivity index (χ1n) is 5.81. The maximum atomic E-state index is 10.8. The standard InChI is InChI=1S/C12H9N5O2/c13-7-11-12(8-4-5-8)16(15-14-11)9-2-1-3-10(6-9)17(18)19/h1-3,6,8H,4-5H2. The van der Waals surface area contributed by atoms with Crippen molar-refractivity contribution in [2.24, 2.45) is 0 Å². The molecule has 1 aliphatic carbocycles.